The van der Waals surface area contributed by atoms with E-state index in [1.807, 2.05) is 56.3 Å². The van der Waals surface area contributed by atoms with Gasteiger partial charge in [-0.3, -0.25) is 9.69 Å². The summed E-state index contributed by atoms with van der Waals surface area (Å²) in [4.78, 5) is 33.0. The van der Waals surface area contributed by atoms with Crippen molar-refractivity contribution in [2.24, 2.45) is 0 Å². The Bertz CT molecular complexity index is 1140. The Hall–Kier alpha value is -3.16. The van der Waals surface area contributed by atoms with Gasteiger partial charge in [-0.1, -0.05) is 24.3 Å². The average molecular weight is 435 g/mol. The van der Waals surface area contributed by atoms with Crippen LogP contribution in [0, 0.1) is 13.8 Å². The number of aromatic nitrogens is 1. The van der Waals surface area contributed by atoms with E-state index in [1.165, 1.54) is 0 Å². The number of urea groups is 1. The van der Waals surface area contributed by atoms with Gasteiger partial charge >= 0.3 is 6.03 Å². The first-order chi connectivity index (χ1) is 15.5. The molecule has 2 amide bonds. The van der Waals surface area contributed by atoms with Crippen LogP contribution in [0.2, 0.25) is 0 Å². The van der Waals surface area contributed by atoms with Crippen molar-refractivity contribution in [2.75, 3.05) is 44.7 Å². The van der Waals surface area contributed by atoms with Crippen LogP contribution in [-0.4, -0.2) is 60.2 Å². The summed E-state index contributed by atoms with van der Waals surface area (Å²) in [5.41, 5.74) is 4.18. The first-order valence-corrected chi connectivity index (χ1v) is 11.0. The van der Waals surface area contributed by atoms with Crippen LogP contribution in [0.25, 0.3) is 10.9 Å². The van der Waals surface area contributed by atoms with E-state index < -0.39 is 0 Å². The Labute approximate surface area is 188 Å². The number of morpholine rings is 1. The lowest BCUT2D eigenvalue weighted by Gasteiger charge is -2.30. The first-order valence-electron chi connectivity index (χ1n) is 11.0. The minimum atomic E-state index is -0.218. The van der Waals surface area contributed by atoms with Crippen molar-refractivity contribution in [3.8, 4) is 0 Å². The second-order valence-electron chi connectivity index (χ2n) is 8.34. The smallest absolute Gasteiger partial charge is 0.322 e. The number of aryl methyl sites for hydroxylation is 2. The molecule has 1 aromatic heterocycles. The van der Waals surface area contributed by atoms with Crippen molar-refractivity contribution in [1.82, 2.24) is 14.8 Å². The number of H-pyrrole nitrogens is 1. The molecule has 2 heterocycles. The molecule has 0 aliphatic carbocycles. The summed E-state index contributed by atoms with van der Waals surface area (Å²) in [5, 5.41) is 3.96. The lowest BCUT2D eigenvalue weighted by atomic mass is 10.0. The summed E-state index contributed by atoms with van der Waals surface area (Å²) in [5.74, 6) is 0. The Kier molecular flexibility index (Phi) is 6.87. The van der Waals surface area contributed by atoms with E-state index in [1.54, 1.807) is 4.90 Å². The summed E-state index contributed by atoms with van der Waals surface area (Å²) in [6.07, 6.45) is 0. The Balaban J connectivity index is 1.57. The molecule has 1 saturated heterocycles. The molecular formula is C25H30N4O3. The standard InChI is InChI=1S/C25H30N4O3/c1-18-14-19(2)22-16-20(24(30)27-23(22)15-18)17-29(9-8-28-10-12-32-13-11-28)25(31)26-21-6-4-3-5-7-21/h3-7,14-16H,8-13,17H2,1-2H3,(H,26,31)(H,27,30). The highest BCUT2D eigenvalue weighted by atomic mass is 16.5. The fourth-order valence-electron chi connectivity index (χ4n) is 4.10. The van der Waals surface area contributed by atoms with Crippen LogP contribution in [0.1, 0.15) is 16.7 Å². The number of para-hydroxylation sites is 1. The van der Waals surface area contributed by atoms with Crippen LogP contribution in [0.4, 0.5) is 10.5 Å². The van der Waals surface area contributed by atoms with Gasteiger partial charge in [0, 0.05) is 48.3 Å². The van der Waals surface area contributed by atoms with E-state index >= 15 is 0 Å². The van der Waals surface area contributed by atoms with Crippen LogP contribution < -0.4 is 10.9 Å². The number of hydrogen-bond donors (Lipinski definition) is 2. The summed E-state index contributed by atoms with van der Waals surface area (Å²) in [6.45, 7) is 8.65. The number of pyridine rings is 1. The maximum absolute atomic E-state index is 13.1. The monoisotopic (exact) mass is 434 g/mol. The van der Waals surface area contributed by atoms with Crippen molar-refractivity contribution < 1.29 is 9.53 Å². The average Bonchev–Trinajstić information content (AvgIpc) is 2.78. The number of benzene rings is 2. The SMILES string of the molecule is Cc1cc(C)c2cc(CN(CCN3CCOCC3)C(=O)Nc3ccccc3)c(=O)[nH]c2c1. The van der Waals surface area contributed by atoms with Crippen molar-refractivity contribution in [3.05, 3.63) is 75.6 Å². The van der Waals surface area contributed by atoms with Gasteiger partial charge in [-0.15, -0.1) is 0 Å². The van der Waals surface area contributed by atoms with Gasteiger partial charge in [0.25, 0.3) is 5.56 Å². The maximum atomic E-state index is 13.1. The Morgan fingerprint density at radius 3 is 2.62 bits per heavy atom. The fourth-order valence-corrected chi connectivity index (χ4v) is 4.10. The predicted molar refractivity (Wildman–Crippen MR) is 127 cm³/mol. The maximum Gasteiger partial charge on any atom is 0.322 e. The molecule has 0 atom stereocenters. The number of carbonyl (C=O) groups excluding carboxylic acids is 1. The molecule has 7 heteroatoms. The van der Waals surface area contributed by atoms with E-state index in [2.05, 4.69) is 21.3 Å². The number of nitrogens with zero attached hydrogens (tertiary/aromatic N) is 2. The number of nitrogens with one attached hydrogen (secondary N) is 2. The molecule has 0 bridgehead atoms. The van der Waals surface area contributed by atoms with Crippen LogP contribution in [0.5, 0.6) is 0 Å². The third-order valence-electron chi connectivity index (χ3n) is 5.85. The van der Waals surface area contributed by atoms with E-state index in [0.717, 1.165) is 47.4 Å². The van der Waals surface area contributed by atoms with Crippen molar-refractivity contribution in [1.29, 1.82) is 0 Å². The molecule has 2 aromatic carbocycles. The van der Waals surface area contributed by atoms with Crippen LogP contribution in [-0.2, 0) is 11.3 Å². The molecule has 0 spiro atoms. The number of carbonyl (C=O) groups is 1. The molecule has 1 aliphatic heterocycles. The molecule has 2 N–H and O–H groups in total. The summed E-state index contributed by atoms with van der Waals surface area (Å²) >= 11 is 0. The number of ether oxygens (including phenoxy) is 1. The minimum absolute atomic E-state index is 0.161. The topological polar surface area (TPSA) is 77.7 Å². The highest BCUT2D eigenvalue weighted by molar-refractivity contribution is 5.89. The fraction of sp³-hybridized carbons (Fsp3) is 0.360. The van der Waals surface area contributed by atoms with Gasteiger partial charge in [0.2, 0.25) is 0 Å². The number of amides is 2. The van der Waals surface area contributed by atoms with Crippen LogP contribution >= 0.6 is 0 Å². The third-order valence-corrected chi connectivity index (χ3v) is 5.85. The summed E-state index contributed by atoms with van der Waals surface area (Å²) in [7, 11) is 0. The minimum Gasteiger partial charge on any atom is -0.379 e. The van der Waals surface area contributed by atoms with Crippen LogP contribution in [0.3, 0.4) is 0 Å². The quantitative estimate of drug-likeness (QED) is 0.622. The molecule has 4 rings (SSSR count). The number of aromatic amines is 1. The van der Waals surface area contributed by atoms with Gasteiger partial charge in [-0.05, 0) is 49.2 Å². The normalized spacial score (nSPS) is 14.4. The third kappa shape index (κ3) is 5.36. The van der Waals surface area contributed by atoms with Gasteiger partial charge in [0.05, 0.1) is 19.8 Å². The van der Waals surface area contributed by atoms with Crippen molar-refractivity contribution in [2.45, 2.75) is 20.4 Å². The number of anilines is 1. The molecule has 7 nitrogen and oxygen atoms in total. The van der Waals surface area contributed by atoms with Crippen LogP contribution in [0.15, 0.2) is 53.3 Å². The molecule has 0 unspecified atom stereocenters. The lowest BCUT2D eigenvalue weighted by molar-refractivity contribution is 0.0349. The molecular weight excluding hydrogens is 404 g/mol. The van der Waals surface area contributed by atoms with Crippen molar-refractivity contribution >= 4 is 22.6 Å². The summed E-state index contributed by atoms with van der Waals surface area (Å²) in [6, 6.07) is 15.2. The second kappa shape index (κ2) is 9.97. The molecule has 3 aromatic rings. The Morgan fingerprint density at radius 2 is 1.88 bits per heavy atom. The zero-order chi connectivity index (χ0) is 22.5. The van der Waals surface area contributed by atoms with Gasteiger partial charge in [0.1, 0.15) is 0 Å². The molecule has 0 radical (unpaired) electrons. The van der Waals surface area contributed by atoms with E-state index in [9.17, 15) is 9.59 Å². The van der Waals surface area contributed by atoms with Gasteiger partial charge in [0.15, 0.2) is 0 Å². The molecule has 168 valence electrons. The largest absolute Gasteiger partial charge is 0.379 e. The second-order valence-corrected chi connectivity index (χ2v) is 8.34. The van der Waals surface area contributed by atoms with Gasteiger partial charge in [-0.2, -0.15) is 0 Å². The lowest BCUT2D eigenvalue weighted by Crippen LogP contribution is -2.44. The number of rotatable bonds is 6. The van der Waals surface area contributed by atoms with Gasteiger partial charge in [-0.25, -0.2) is 4.79 Å². The van der Waals surface area contributed by atoms with E-state index in [-0.39, 0.29) is 18.1 Å². The van der Waals surface area contributed by atoms with Gasteiger partial charge < -0.3 is 19.9 Å². The number of hydrogen-bond acceptors (Lipinski definition) is 4. The van der Waals surface area contributed by atoms with E-state index in [4.69, 9.17) is 4.74 Å². The molecule has 0 saturated carbocycles. The zero-order valence-corrected chi connectivity index (χ0v) is 18.7. The predicted octanol–water partition coefficient (Wildman–Crippen LogP) is 3.51. The molecule has 1 aliphatic rings. The highest BCUT2D eigenvalue weighted by Gasteiger charge is 2.19. The number of fused-ring (bicyclic) bond motifs is 1. The molecule has 1 fully saturated rings. The van der Waals surface area contributed by atoms with Crippen molar-refractivity contribution in [3.63, 3.8) is 0 Å². The summed E-state index contributed by atoms with van der Waals surface area (Å²) < 4.78 is 5.42. The molecule has 32 heavy (non-hydrogen) atoms. The highest BCUT2D eigenvalue weighted by Crippen LogP contribution is 2.19. The van der Waals surface area contributed by atoms with E-state index in [0.29, 0.717) is 25.3 Å². The first kappa shape index (κ1) is 22.0. The zero-order valence-electron chi connectivity index (χ0n) is 18.7. The Morgan fingerprint density at radius 1 is 1.12 bits per heavy atom.